The summed E-state index contributed by atoms with van der Waals surface area (Å²) < 4.78 is 32.9. The summed E-state index contributed by atoms with van der Waals surface area (Å²) >= 11 is 6.44. The van der Waals surface area contributed by atoms with E-state index in [-0.39, 0.29) is 12.2 Å². The van der Waals surface area contributed by atoms with E-state index in [4.69, 9.17) is 35.6 Å². The fourth-order valence-electron chi connectivity index (χ4n) is 3.68. The Morgan fingerprint density at radius 2 is 1.94 bits per heavy atom. The van der Waals surface area contributed by atoms with Crippen molar-refractivity contribution in [2.75, 3.05) is 26.1 Å². The van der Waals surface area contributed by atoms with E-state index < -0.39 is 39.0 Å². The molecule has 0 amide bonds. The summed E-state index contributed by atoms with van der Waals surface area (Å²) in [5, 5.41) is 24.2. The summed E-state index contributed by atoms with van der Waals surface area (Å²) in [5.41, 5.74) is 1.35. The van der Waals surface area contributed by atoms with Crippen LogP contribution in [0.2, 0.25) is 5.02 Å². The van der Waals surface area contributed by atoms with Gasteiger partial charge in [0.1, 0.15) is 24.6 Å². The van der Waals surface area contributed by atoms with Crippen molar-refractivity contribution in [2.24, 2.45) is 0 Å². The molecule has 35 heavy (non-hydrogen) atoms. The molecule has 3 aromatic rings. The average Bonchev–Trinajstić information content (AvgIpc) is 3.37. The number of halogens is 1. The second-order valence-electron chi connectivity index (χ2n) is 7.51. The Hall–Kier alpha value is -2.55. The van der Waals surface area contributed by atoms with E-state index in [1.165, 1.54) is 31.4 Å². The summed E-state index contributed by atoms with van der Waals surface area (Å²) in [5.74, 6) is 1.26. The Kier molecular flexibility index (Phi) is 7.45. The van der Waals surface area contributed by atoms with Crippen LogP contribution in [0.4, 0.5) is 5.82 Å². The third-order valence-electron chi connectivity index (χ3n) is 5.39. The van der Waals surface area contributed by atoms with Crippen molar-refractivity contribution in [3.05, 3.63) is 35.4 Å². The molecule has 0 spiro atoms. The lowest BCUT2D eigenvalue weighted by Gasteiger charge is -2.17. The summed E-state index contributed by atoms with van der Waals surface area (Å²) in [6.45, 7) is -0.360. The normalized spacial score (nSPS) is 22.5. The van der Waals surface area contributed by atoms with Gasteiger partial charge in [0, 0.05) is 6.54 Å². The van der Waals surface area contributed by atoms with Crippen LogP contribution in [0, 0.1) is 0 Å². The first-order valence-electron chi connectivity index (χ1n) is 10.2. The molecule has 16 heteroatoms. The maximum atomic E-state index is 11.0. The molecule has 0 unspecified atom stereocenters. The summed E-state index contributed by atoms with van der Waals surface area (Å²) in [6.07, 6.45) is -2.59. The number of aliphatic hydroxyl groups is 2. The van der Waals surface area contributed by atoms with Gasteiger partial charge in [-0.3, -0.25) is 9.09 Å². The number of ether oxygens (including phenoxy) is 3. The van der Waals surface area contributed by atoms with Crippen LogP contribution < -0.4 is 14.8 Å². The lowest BCUT2D eigenvalue weighted by molar-refractivity contribution is -0.0504. The molecule has 1 aliphatic heterocycles. The van der Waals surface area contributed by atoms with Gasteiger partial charge in [-0.25, -0.2) is 19.5 Å². The third kappa shape index (κ3) is 5.20. The van der Waals surface area contributed by atoms with Gasteiger partial charge >= 0.3 is 7.82 Å². The molecule has 5 N–H and O–H groups in total. The van der Waals surface area contributed by atoms with Crippen molar-refractivity contribution in [1.82, 2.24) is 19.5 Å². The molecule has 1 fully saturated rings. The van der Waals surface area contributed by atoms with E-state index in [0.717, 1.165) is 0 Å². The zero-order chi connectivity index (χ0) is 25.3. The molecule has 3 heterocycles. The highest BCUT2D eigenvalue weighted by atomic mass is 35.5. The fraction of sp³-hybridized carbons (Fsp3) is 0.421. The number of hydrogen-bond donors (Lipinski definition) is 5. The van der Waals surface area contributed by atoms with Crippen LogP contribution in [0.1, 0.15) is 11.8 Å². The van der Waals surface area contributed by atoms with Crippen molar-refractivity contribution in [3.8, 4) is 11.5 Å². The van der Waals surface area contributed by atoms with Crippen LogP contribution >= 0.6 is 19.4 Å². The number of fused-ring (bicyclic) bond motifs is 1. The first kappa shape index (κ1) is 25.5. The SMILES string of the molecule is COc1ccc(CNc2ncnc3c2ncn3[C@@H]2O[C@H](COP(=O)(O)O)[C@@H](O)[C@H]2O)c(Cl)c1OC. The molecular weight excluding hydrogens is 509 g/mol. The minimum absolute atomic E-state index is 0.265. The van der Waals surface area contributed by atoms with E-state index in [9.17, 15) is 14.8 Å². The van der Waals surface area contributed by atoms with Crippen molar-refractivity contribution in [1.29, 1.82) is 0 Å². The molecule has 1 saturated heterocycles. The van der Waals surface area contributed by atoms with Gasteiger partial charge in [-0.2, -0.15) is 0 Å². The summed E-state index contributed by atoms with van der Waals surface area (Å²) in [4.78, 5) is 30.5. The van der Waals surface area contributed by atoms with Gasteiger partial charge in [-0.15, -0.1) is 0 Å². The Morgan fingerprint density at radius 1 is 1.17 bits per heavy atom. The van der Waals surface area contributed by atoms with Crippen molar-refractivity contribution < 1.29 is 43.3 Å². The number of rotatable bonds is 9. The summed E-state index contributed by atoms with van der Waals surface area (Å²) in [7, 11) is -1.78. The van der Waals surface area contributed by atoms with Crippen LogP contribution in [-0.4, -0.2) is 78.7 Å². The van der Waals surface area contributed by atoms with E-state index in [1.807, 2.05) is 0 Å². The standard InChI is InChI=1S/C19H23ClN5O9P/c1-31-10-4-3-9(12(20)16(10)32-2)5-21-17-13-18(23-7-22-17)25(8-24-13)19-15(27)14(26)11(34-19)6-33-35(28,29)30/h3-4,7-8,11,14-15,19,26-27H,5-6H2,1-2H3,(H,21,22,23)(H2,28,29,30)/t11-,14-,15-,19-/m1/s1. The zero-order valence-electron chi connectivity index (χ0n) is 18.5. The van der Waals surface area contributed by atoms with Gasteiger partial charge in [0.05, 0.1) is 32.2 Å². The van der Waals surface area contributed by atoms with Gasteiger partial charge < -0.3 is 39.5 Å². The van der Waals surface area contributed by atoms with E-state index in [0.29, 0.717) is 33.4 Å². The maximum absolute atomic E-state index is 11.0. The fourth-order valence-corrected chi connectivity index (χ4v) is 4.32. The quantitative estimate of drug-likeness (QED) is 0.244. The van der Waals surface area contributed by atoms with Crippen LogP contribution in [0.5, 0.6) is 11.5 Å². The Morgan fingerprint density at radius 3 is 2.63 bits per heavy atom. The Labute approximate surface area is 203 Å². The largest absolute Gasteiger partial charge is 0.493 e. The topological polar surface area (TPSA) is 191 Å². The lowest BCUT2D eigenvalue weighted by atomic mass is 10.1. The number of phosphoric acid groups is 1. The number of aromatic nitrogens is 4. The Balaban J connectivity index is 1.55. The first-order chi connectivity index (χ1) is 16.6. The number of phosphoric ester groups is 1. The second kappa shape index (κ2) is 10.2. The average molecular weight is 532 g/mol. The molecule has 0 aliphatic carbocycles. The van der Waals surface area contributed by atoms with Crippen LogP contribution in [0.25, 0.3) is 11.2 Å². The Bertz CT molecular complexity index is 1250. The highest BCUT2D eigenvalue weighted by Gasteiger charge is 2.45. The lowest BCUT2D eigenvalue weighted by Crippen LogP contribution is -2.33. The summed E-state index contributed by atoms with van der Waals surface area (Å²) in [6, 6.07) is 3.50. The number of aliphatic hydroxyl groups excluding tert-OH is 2. The van der Waals surface area contributed by atoms with Crippen molar-refractivity contribution in [2.45, 2.75) is 31.1 Å². The van der Waals surface area contributed by atoms with Crippen LogP contribution in [0.3, 0.4) is 0 Å². The highest BCUT2D eigenvalue weighted by molar-refractivity contribution is 7.46. The molecule has 190 valence electrons. The van der Waals surface area contributed by atoms with Gasteiger partial charge in [-0.1, -0.05) is 17.7 Å². The van der Waals surface area contributed by atoms with Gasteiger partial charge in [0.2, 0.25) is 0 Å². The monoisotopic (exact) mass is 531 g/mol. The molecule has 1 aliphatic rings. The number of anilines is 1. The highest BCUT2D eigenvalue weighted by Crippen LogP contribution is 2.39. The molecule has 0 radical (unpaired) electrons. The van der Waals surface area contributed by atoms with Crippen LogP contribution in [-0.2, 0) is 20.4 Å². The molecule has 0 saturated carbocycles. The van der Waals surface area contributed by atoms with E-state index in [2.05, 4.69) is 24.8 Å². The number of nitrogens with one attached hydrogen (secondary N) is 1. The number of imidazole rings is 1. The predicted molar refractivity (Wildman–Crippen MR) is 121 cm³/mol. The third-order valence-corrected chi connectivity index (χ3v) is 6.29. The smallest absolute Gasteiger partial charge is 0.469 e. The number of nitrogens with zero attached hydrogens (tertiary/aromatic N) is 4. The number of hydrogen-bond acceptors (Lipinski definition) is 11. The van der Waals surface area contributed by atoms with E-state index in [1.54, 1.807) is 12.1 Å². The van der Waals surface area contributed by atoms with Crippen molar-refractivity contribution >= 4 is 36.4 Å². The predicted octanol–water partition coefficient (Wildman–Crippen LogP) is 0.837. The van der Waals surface area contributed by atoms with Gasteiger partial charge in [0.25, 0.3) is 0 Å². The minimum atomic E-state index is -4.78. The molecule has 2 aromatic heterocycles. The van der Waals surface area contributed by atoms with Gasteiger partial charge in [-0.05, 0) is 11.6 Å². The molecular formula is C19H23ClN5O9P. The van der Waals surface area contributed by atoms with Gasteiger partial charge in [0.15, 0.2) is 34.7 Å². The molecule has 4 atom stereocenters. The minimum Gasteiger partial charge on any atom is -0.493 e. The number of benzene rings is 1. The number of methoxy groups -OCH3 is 2. The van der Waals surface area contributed by atoms with Crippen LogP contribution in [0.15, 0.2) is 24.8 Å². The molecule has 1 aromatic carbocycles. The van der Waals surface area contributed by atoms with E-state index >= 15 is 0 Å². The van der Waals surface area contributed by atoms with Crippen molar-refractivity contribution in [3.63, 3.8) is 0 Å². The molecule has 4 rings (SSSR count). The molecule has 0 bridgehead atoms. The first-order valence-corrected chi connectivity index (χ1v) is 12.1. The maximum Gasteiger partial charge on any atom is 0.469 e. The molecule has 14 nitrogen and oxygen atoms in total. The zero-order valence-corrected chi connectivity index (χ0v) is 20.1. The second-order valence-corrected chi connectivity index (χ2v) is 9.12.